The molecule has 0 N–H and O–H groups in total. The molecule has 0 spiro atoms. The average molecular weight is 670 g/mol. The van der Waals surface area contributed by atoms with Crippen LogP contribution >= 0.6 is 11.3 Å². The van der Waals surface area contributed by atoms with Gasteiger partial charge in [0.2, 0.25) is 0 Å². The second kappa shape index (κ2) is 11.2. The van der Waals surface area contributed by atoms with E-state index in [-0.39, 0.29) is 0 Å². The number of thiophene rings is 1. The van der Waals surface area contributed by atoms with Crippen LogP contribution in [0.5, 0.6) is 0 Å². The van der Waals surface area contributed by atoms with Crippen LogP contribution in [0.3, 0.4) is 0 Å². The Morgan fingerprint density at radius 3 is 1.86 bits per heavy atom. The third kappa shape index (κ3) is 4.55. The van der Waals surface area contributed by atoms with Crippen molar-refractivity contribution in [1.82, 2.24) is 4.57 Å². The Hall–Kier alpha value is -6.16. The molecule has 3 heteroatoms. The third-order valence-electron chi connectivity index (χ3n) is 10.7. The van der Waals surface area contributed by atoms with E-state index < -0.39 is 0 Å². The second-order valence-corrected chi connectivity index (χ2v) is 14.7. The van der Waals surface area contributed by atoms with Gasteiger partial charge in [-0.3, -0.25) is 0 Å². The SMILES string of the molecule is C1=Cc2oc3ccc(-c4cc(-c5ccc(-c6ccc7c(c6)sc6ccccc67)cc5)cc(-n5c6ccccc6c6ccccc65)c4)cc3c2CC1. The highest BCUT2D eigenvalue weighted by Crippen LogP contribution is 2.40. The predicted octanol–water partition coefficient (Wildman–Crippen LogP) is 13.9. The van der Waals surface area contributed by atoms with Crippen LogP contribution in [0.4, 0.5) is 0 Å². The van der Waals surface area contributed by atoms with Gasteiger partial charge in [-0.25, -0.2) is 0 Å². The molecule has 3 heterocycles. The summed E-state index contributed by atoms with van der Waals surface area (Å²) in [7, 11) is 0. The van der Waals surface area contributed by atoms with Crippen LogP contribution in [0.1, 0.15) is 17.7 Å². The first kappa shape index (κ1) is 28.7. The minimum absolute atomic E-state index is 0.957. The summed E-state index contributed by atoms with van der Waals surface area (Å²) in [6, 6.07) is 55.9. The quantitative estimate of drug-likeness (QED) is 0.182. The molecule has 0 fully saturated rings. The van der Waals surface area contributed by atoms with E-state index in [0.29, 0.717) is 0 Å². The Morgan fingerprint density at radius 2 is 1.08 bits per heavy atom. The maximum Gasteiger partial charge on any atom is 0.135 e. The van der Waals surface area contributed by atoms with Crippen LogP contribution in [-0.4, -0.2) is 4.57 Å². The van der Waals surface area contributed by atoms with E-state index in [0.717, 1.165) is 29.9 Å². The number of nitrogens with zero attached hydrogens (tertiary/aromatic N) is 1. The molecule has 0 bridgehead atoms. The maximum absolute atomic E-state index is 6.25. The van der Waals surface area contributed by atoms with Gasteiger partial charge in [0.25, 0.3) is 0 Å². The molecule has 11 rings (SSSR count). The van der Waals surface area contributed by atoms with Crippen molar-refractivity contribution in [2.75, 3.05) is 0 Å². The first-order valence-corrected chi connectivity index (χ1v) is 18.4. The molecule has 1 aliphatic rings. The summed E-state index contributed by atoms with van der Waals surface area (Å²) in [4.78, 5) is 0. The van der Waals surface area contributed by atoms with Crippen molar-refractivity contribution in [1.29, 1.82) is 0 Å². The molecular formula is C48H31NOS. The number of fused-ring (bicyclic) bond motifs is 9. The summed E-state index contributed by atoms with van der Waals surface area (Å²) in [6.07, 6.45) is 6.40. The monoisotopic (exact) mass is 669 g/mol. The number of benzene rings is 7. The third-order valence-corrected chi connectivity index (χ3v) is 11.8. The number of aryl methyl sites for hydroxylation is 1. The molecule has 0 radical (unpaired) electrons. The van der Waals surface area contributed by atoms with Crippen LogP contribution in [0.2, 0.25) is 0 Å². The molecule has 0 unspecified atom stereocenters. The highest BCUT2D eigenvalue weighted by Gasteiger charge is 2.18. The van der Waals surface area contributed by atoms with E-state index in [2.05, 4.69) is 168 Å². The molecule has 0 atom stereocenters. The summed E-state index contributed by atoms with van der Waals surface area (Å²) in [5, 5.41) is 6.41. The lowest BCUT2D eigenvalue weighted by Crippen LogP contribution is -1.96. The molecule has 0 aliphatic heterocycles. The van der Waals surface area contributed by atoms with Crippen LogP contribution in [-0.2, 0) is 6.42 Å². The molecule has 0 saturated heterocycles. The number of aromatic nitrogens is 1. The Kier molecular flexibility index (Phi) is 6.28. The van der Waals surface area contributed by atoms with Gasteiger partial charge in [0.1, 0.15) is 11.3 Å². The Bertz CT molecular complexity index is 2970. The zero-order valence-corrected chi connectivity index (χ0v) is 28.6. The molecule has 1 aliphatic carbocycles. The highest BCUT2D eigenvalue weighted by molar-refractivity contribution is 7.25. The summed E-state index contributed by atoms with van der Waals surface area (Å²) < 4.78 is 11.3. The lowest BCUT2D eigenvalue weighted by molar-refractivity contribution is 0.595. The molecule has 0 saturated carbocycles. The van der Waals surface area contributed by atoms with Gasteiger partial charge in [-0.15, -0.1) is 11.3 Å². The van der Waals surface area contributed by atoms with Crippen molar-refractivity contribution in [2.24, 2.45) is 0 Å². The number of rotatable bonds is 4. The zero-order chi connectivity index (χ0) is 33.5. The van der Waals surface area contributed by atoms with Crippen LogP contribution in [0.25, 0.3) is 98.1 Å². The van der Waals surface area contributed by atoms with Crippen molar-refractivity contribution in [2.45, 2.75) is 12.8 Å². The Labute approximate surface area is 299 Å². The fourth-order valence-corrected chi connectivity index (χ4v) is 9.34. The Balaban J connectivity index is 1.08. The Morgan fingerprint density at radius 1 is 0.471 bits per heavy atom. The van der Waals surface area contributed by atoms with Gasteiger partial charge < -0.3 is 8.98 Å². The lowest BCUT2D eigenvalue weighted by Gasteiger charge is -2.14. The number of furan rings is 1. The highest BCUT2D eigenvalue weighted by atomic mass is 32.1. The minimum Gasteiger partial charge on any atom is -0.456 e. The summed E-state index contributed by atoms with van der Waals surface area (Å²) in [5.74, 6) is 1.000. The largest absolute Gasteiger partial charge is 0.456 e. The fraction of sp³-hybridized carbons (Fsp3) is 0.0417. The maximum atomic E-state index is 6.25. The standard InChI is InChI=1S/C48H31NOS/c1-5-13-43-37(9-1)38-10-2-6-14-44(38)49(43)36-26-34(25-35(27-36)32-22-24-46-42(28-32)39-11-3-7-15-45(39)50-46)31-19-17-30(18-20-31)33-21-23-41-40-12-4-8-16-47(40)51-48(41)29-33/h1-2,4-10,12-29H,3,11H2. The van der Waals surface area contributed by atoms with Gasteiger partial charge in [0.05, 0.1) is 11.0 Å². The topological polar surface area (TPSA) is 18.1 Å². The predicted molar refractivity (Wildman–Crippen MR) is 217 cm³/mol. The van der Waals surface area contributed by atoms with Crippen LogP contribution < -0.4 is 0 Å². The van der Waals surface area contributed by atoms with Crippen molar-refractivity contribution in [3.05, 3.63) is 169 Å². The first-order chi connectivity index (χ1) is 25.2. The van der Waals surface area contributed by atoms with Crippen molar-refractivity contribution in [3.63, 3.8) is 0 Å². The molecule has 240 valence electrons. The second-order valence-electron chi connectivity index (χ2n) is 13.6. The molecular weight excluding hydrogens is 639 g/mol. The molecule has 2 nitrogen and oxygen atoms in total. The van der Waals surface area contributed by atoms with E-state index >= 15 is 0 Å². The molecule has 0 amide bonds. The number of hydrogen-bond acceptors (Lipinski definition) is 2. The molecule has 51 heavy (non-hydrogen) atoms. The van der Waals surface area contributed by atoms with Gasteiger partial charge in [0.15, 0.2) is 0 Å². The van der Waals surface area contributed by atoms with E-state index in [1.54, 1.807) is 0 Å². The summed E-state index contributed by atoms with van der Waals surface area (Å²) in [5.41, 5.74) is 13.1. The van der Waals surface area contributed by atoms with E-state index in [4.69, 9.17) is 4.42 Å². The van der Waals surface area contributed by atoms with Crippen LogP contribution in [0, 0.1) is 0 Å². The fourth-order valence-electron chi connectivity index (χ4n) is 8.19. The van der Waals surface area contributed by atoms with E-state index in [1.165, 1.54) is 86.3 Å². The van der Waals surface area contributed by atoms with Crippen molar-refractivity contribution in [3.8, 4) is 39.1 Å². The van der Waals surface area contributed by atoms with Gasteiger partial charge in [-0.1, -0.05) is 103 Å². The average Bonchev–Trinajstić information content (AvgIpc) is 3.87. The van der Waals surface area contributed by atoms with Gasteiger partial charge in [-0.05, 0) is 107 Å². The summed E-state index contributed by atoms with van der Waals surface area (Å²) in [6.45, 7) is 0. The molecule has 10 aromatic rings. The van der Waals surface area contributed by atoms with Crippen molar-refractivity contribution >= 4 is 70.4 Å². The van der Waals surface area contributed by atoms with Gasteiger partial charge in [0, 0.05) is 47.6 Å². The van der Waals surface area contributed by atoms with E-state index in [9.17, 15) is 0 Å². The van der Waals surface area contributed by atoms with Crippen LogP contribution in [0.15, 0.2) is 162 Å². The normalized spacial score (nSPS) is 12.9. The number of para-hydroxylation sites is 2. The first-order valence-electron chi connectivity index (χ1n) is 17.6. The van der Waals surface area contributed by atoms with Gasteiger partial charge >= 0.3 is 0 Å². The van der Waals surface area contributed by atoms with E-state index in [1.807, 2.05) is 11.3 Å². The minimum atomic E-state index is 0.957. The summed E-state index contributed by atoms with van der Waals surface area (Å²) >= 11 is 1.87. The lowest BCUT2D eigenvalue weighted by atomic mass is 9.94. The zero-order valence-electron chi connectivity index (χ0n) is 27.8. The number of allylic oxidation sites excluding steroid dienone is 1. The smallest absolute Gasteiger partial charge is 0.135 e. The van der Waals surface area contributed by atoms with Crippen molar-refractivity contribution < 1.29 is 4.42 Å². The number of hydrogen-bond donors (Lipinski definition) is 0. The molecule has 3 aromatic heterocycles. The molecule has 7 aromatic carbocycles. The van der Waals surface area contributed by atoms with Gasteiger partial charge in [-0.2, -0.15) is 0 Å².